The van der Waals surface area contributed by atoms with Crippen LogP contribution in [0.1, 0.15) is 35.3 Å². The van der Waals surface area contributed by atoms with Gasteiger partial charge in [-0.05, 0) is 13.3 Å². The molecule has 1 N–H and O–H groups in total. The third kappa shape index (κ3) is 2.06. The molecule has 0 amide bonds. The first-order valence-corrected chi connectivity index (χ1v) is 5.27. The number of carboxylic acids is 1. The van der Waals surface area contributed by atoms with Gasteiger partial charge in [0.15, 0.2) is 6.39 Å². The van der Waals surface area contributed by atoms with Gasteiger partial charge in [0, 0.05) is 0 Å². The molecule has 0 spiro atoms. The average molecular weight is 236 g/mol. The van der Waals surface area contributed by atoms with Crippen LogP contribution in [0.3, 0.4) is 0 Å². The summed E-state index contributed by atoms with van der Waals surface area (Å²) in [6, 6.07) is 0. The van der Waals surface area contributed by atoms with Crippen molar-refractivity contribution >= 4 is 5.97 Å². The number of aromatic carboxylic acids is 1. The van der Waals surface area contributed by atoms with Crippen molar-refractivity contribution in [2.75, 3.05) is 0 Å². The predicted octanol–water partition coefficient (Wildman–Crippen LogP) is 2.29. The maximum absolute atomic E-state index is 11.0. The van der Waals surface area contributed by atoms with Crippen molar-refractivity contribution in [3.63, 3.8) is 0 Å². The number of carboxylic acid groups (broad SMARTS) is 1. The first kappa shape index (κ1) is 11.4. The molecule has 0 saturated carbocycles. The van der Waals surface area contributed by atoms with E-state index >= 15 is 0 Å². The summed E-state index contributed by atoms with van der Waals surface area (Å²) in [4.78, 5) is 19.0. The van der Waals surface area contributed by atoms with E-state index in [1.54, 1.807) is 6.92 Å². The Hall–Kier alpha value is -2.11. The van der Waals surface area contributed by atoms with E-state index in [1.807, 2.05) is 6.92 Å². The number of oxazole rings is 2. The minimum atomic E-state index is -1.12. The molecule has 2 aromatic heterocycles. The van der Waals surface area contributed by atoms with E-state index in [0.29, 0.717) is 23.6 Å². The molecule has 0 saturated heterocycles. The first-order valence-electron chi connectivity index (χ1n) is 5.27. The third-order valence-corrected chi connectivity index (χ3v) is 2.32. The van der Waals surface area contributed by atoms with Crippen molar-refractivity contribution < 1.29 is 18.7 Å². The number of hydrogen-bond donors (Lipinski definition) is 1. The van der Waals surface area contributed by atoms with Crippen LogP contribution in [0.5, 0.6) is 0 Å². The highest BCUT2D eigenvalue weighted by Gasteiger charge is 2.22. The zero-order chi connectivity index (χ0) is 12.4. The third-order valence-electron chi connectivity index (χ3n) is 2.32. The summed E-state index contributed by atoms with van der Waals surface area (Å²) in [7, 11) is 0. The van der Waals surface area contributed by atoms with Crippen molar-refractivity contribution in [1.82, 2.24) is 9.97 Å². The highest BCUT2D eigenvalue weighted by molar-refractivity contribution is 5.86. The smallest absolute Gasteiger partial charge is 0.373 e. The van der Waals surface area contributed by atoms with Crippen LogP contribution in [0.15, 0.2) is 15.2 Å². The average Bonchev–Trinajstić information content (AvgIpc) is 2.84. The molecule has 6 heteroatoms. The van der Waals surface area contributed by atoms with Crippen molar-refractivity contribution in [2.45, 2.75) is 26.7 Å². The Bertz CT molecular complexity index is 541. The predicted molar refractivity (Wildman–Crippen MR) is 57.7 cm³/mol. The number of aryl methyl sites for hydroxylation is 2. The summed E-state index contributed by atoms with van der Waals surface area (Å²) in [6.45, 7) is 3.68. The van der Waals surface area contributed by atoms with Crippen molar-refractivity contribution in [3.05, 3.63) is 23.5 Å². The van der Waals surface area contributed by atoms with Crippen LogP contribution in [0.2, 0.25) is 0 Å². The van der Waals surface area contributed by atoms with Gasteiger partial charge < -0.3 is 13.9 Å². The fraction of sp³-hybridized carbons (Fsp3) is 0.364. The van der Waals surface area contributed by atoms with Gasteiger partial charge in [-0.3, -0.25) is 0 Å². The Morgan fingerprint density at radius 2 is 2.29 bits per heavy atom. The van der Waals surface area contributed by atoms with Gasteiger partial charge >= 0.3 is 5.97 Å². The molecule has 17 heavy (non-hydrogen) atoms. The summed E-state index contributed by atoms with van der Waals surface area (Å²) >= 11 is 0. The standard InChI is InChI=1S/C11H12N2O4/c1-3-4-7-9(11(14)15)17-10(13-7)8-6(2)12-5-16-8/h5H,3-4H2,1-2H3,(H,14,15). The molecule has 0 aromatic carbocycles. The summed E-state index contributed by atoms with van der Waals surface area (Å²) < 4.78 is 10.3. The minimum Gasteiger partial charge on any atom is -0.475 e. The summed E-state index contributed by atoms with van der Waals surface area (Å²) in [5.74, 6) is -0.710. The van der Waals surface area contributed by atoms with Gasteiger partial charge in [0.25, 0.3) is 5.89 Å². The number of carbonyl (C=O) groups is 1. The van der Waals surface area contributed by atoms with Crippen molar-refractivity contribution in [3.8, 4) is 11.7 Å². The molecule has 0 radical (unpaired) electrons. The minimum absolute atomic E-state index is 0.127. The monoisotopic (exact) mass is 236 g/mol. The number of nitrogens with zero attached hydrogens (tertiary/aromatic N) is 2. The lowest BCUT2D eigenvalue weighted by atomic mass is 10.2. The second-order valence-electron chi connectivity index (χ2n) is 3.62. The molecule has 0 aliphatic carbocycles. The molecule has 0 bridgehead atoms. The van der Waals surface area contributed by atoms with Crippen LogP contribution < -0.4 is 0 Å². The van der Waals surface area contributed by atoms with Crippen LogP contribution in [0.4, 0.5) is 0 Å². The fourth-order valence-electron chi connectivity index (χ4n) is 1.53. The van der Waals surface area contributed by atoms with Gasteiger partial charge in [-0.2, -0.15) is 0 Å². The maximum Gasteiger partial charge on any atom is 0.373 e. The molecular weight excluding hydrogens is 224 g/mol. The summed E-state index contributed by atoms with van der Waals surface area (Å²) in [5.41, 5.74) is 1.05. The molecule has 2 rings (SSSR count). The SMILES string of the molecule is CCCc1nc(-c2ocnc2C)oc1C(=O)O. The van der Waals surface area contributed by atoms with Gasteiger partial charge in [-0.1, -0.05) is 13.3 Å². The highest BCUT2D eigenvalue weighted by Crippen LogP contribution is 2.25. The zero-order valence-corrected chi connectivity index (χ0v) is 9.56. The Morgan fingerprint density at radius 3 is 2.82 bits per heavy atom. The quantitative estimate of drug-likeness (QED) is 0.875. The second kappa shape index (κ2) is 4.40. The molecule has 90 valence electrons. The van der Waals surface area contributed by atoms with Crippen molar-refractivity contribution in [1.29, 1.82) is 0 Å². The van der Waals surface area contributed by atoms with E-state index in [4.69, 9.17) is 13.9 Å². The fourth-order valence-corrected chi connectivity index (χ4v) is 1.53. The van der Waals surface area contributed by atoms with E-state index in [0.717, 1.165) is 6.42 Å². The lowest BCUT2D eigenvalue weighted by Crippen LogP contribution is -1.99. The molecule has 2 aromatic rings. The molecule has 0 aliphatic rings. The zero-order valence-electron chi connectivity index (χ0n) is 9.56. The Morgan fingerprint density at radius 1 is 1.53 bits per heavy atom. The largest absolute Gasteiger partial charge is 0.475 e. The molecule has 0 fully saturated rings. The molecule has 2 heterocycles. The Balaban J connectivity index is 2.47. The molecule has 0 unspecified atom stereocenters. The van der Waals surface area contributed by atoms with Crippen LogP contribution >= 0.6 is 0 Å². The normalized spacial score (nSPS) is 10.7. The Labute approximate surface area is 97.3 Å². The van der Waals surface area contributed by atoms with Gasteiger partial charge in [0.05, 0.1) is 11.4 Å². The van der Waals surface area contributed by atoms with Crippen LogP contribution in [0.25, 0.3) is 11.7 Å². The lowest BCUT2D eigenvalue weighted by molar-refractivity contribution is 0.0661. The van der Waals surface area contributed by atoms with Gasteiger partial charge in [-0.25, -0.2) is 14.8 Å². The lowest BCUT2D eigenvalue weighted by Gasteiger charge is -1.91. The highest BCUT2D eigenvalue weighted by atomic mass is 16.4. The second-order valence-corrected chi connectivity index (χ2v) is 3.62. The Kier molecular flexibility index (Phi) is 2.95. The van der Waals surface area contributed by atoms with Crippen LogP contribution in [0, 0.1) is 6.92 Å². The molecule has 0 atom stereocenters. The summed E-state index contributed by atoms with van der Waals surface area (Å²) in [5, 5.41) is 8.99. The maximum atomic E-state index is 11.0. The van der Waals surface area contributed by atoms with E-state index in [9.17, 15) is 4.79 Å². The van der Waals surface area contributed by atoms with E-state index in [-0.39, 0.29) is 11.7 Å². The number of rotatable bonds is 4. The molecular formula is C11H12N2O4. The molecule has 6 nitrogen and oxygen atoms in total. The van der Waals surface area contributed by atoms with Crippen molar-refractivity contribution in [2.24, 2.45) is 0 Å². The molecule has 0 aliphatic heterocycles. The van der Waals surface area contributed by atoms with E-state index in [2.05, 4.69) is 9.97 Å². The van der Waals surface area contributed by atoms with E-state index < -0.39 is 5.97 Å². The van der Waals surface area contributed by atoms with Gasteiger partial charge in [0.1, 0.15) is 0 Å². The topological polar surface area (TPSA) is 89.4 Å². The van der Waals surface area contributed by atoms with E-state index in [1.165, 1.54) is 6.39 Å². The van der Waals surface area contributed by atoms with Gasteiger partial charge in [-0.15, -0.1) is 0 Å². The number of aromatic nitrogens is 2. The first-order chi connectivity index (χ1) is 8.13. The summed E-state index contributed by atoms with van der Waals surface area (Å²) in [6.07, 6.45) is 2.62. The van der Waals surface area contributed by atoms with Crippen LogP contribution in [-0.4, -0.2) is 21.0 Å². The van der Waals surface area contributed by atoms with Crippen LogP contribution in [-0.2, 0) is 6.42 Å². The van der Waals surface area contributed by atoms with Gasteiger partial charge in [0.2, 0.25) is 11.5 Å². The number of hydrogen-bond acceptors (Lipinski definition) is 5.